The molecule has 3 rings (SSSR count). The highest BCUT2D eigenvalue weighted by molar-refractivity contribution is 5.82. The molecule has 0 bridgehead atoms. The SMILES string of the molecule is COCCOc1ccc(C(F)(F)F)cc1NCC(=O)N[C@@H](c1ccccc1)c1ccc(OC)cc1. The van der Waals surface area contributed by atoms with Crippen LogP contribution in [0.2, 0.25) is 0 Å². The molecule has 2 N–H and O–H groups in total. The van der Waals surface area contributed by atoms with Crippen molar-refractivity contribution >= 4 is 11.6 Å². The predicted molar refractivity (Wildman–Crippen MR) is 127 cm³/mol. The summed E-state index contributed by atoms with van der Waals surface area (Å²) in [4.78, 5) is 12.9. The van der Waals surface area contributed by atoms with Gasteiger partial charge in [-0.15, -0.1) is 0 Å². The molecule has 1 atom stereocenters. The van der Waals surface area contributed by atoms with Crippen molar-refractivity contribution in [2.75, 3.05) is 39.3 Å². The topological polar surface area (TPSA) is 68.8 Å². The van der Waals surface area contributed by atoms with Gasteiger partial charge < -0.3 is 24.8 Å². The van der Waals surface area contributed by atoms with Crippen molar-refractivity contribution in [3.05, 3.63) is 89.5 Å². The van der Waals surface area contributed by atoms with Gasteiger partial charge in [0.25, 0.3) is 0 Å². The summed E-state index contributed by atoms with van der Waals surface area (Å²) in [6.07, 6.45) is -4.53. The van der Waals surface area contributed by atoms with Crippen LogP contribution in [-0.2, 0) is 15.7 Å². The Balaban J connectivity index is 1.77. The fourth-order valence-corrected chi connectivity index (χ4v) is 3.39. The van der Waals surface area contributed by atoms with Crippen molar-refractivity contribution in [3.63, 3.8) is 0 Å². The summed E-state index contributed by atoms with van der Waals surface area (Å²) in [5.74, 6) is 0.464. The van der Waals surface area contributed by atoms with Gasteiger partial charge in [-0.05, 0) is 41.5 Å². The summed E-state index contributed by atoms with van der Waals surface area (Å²) in [5.41, 5.74) is 0.897. The van der Waals surface area contributed by atoms with Crippen LogP contribution < -0.4 is 20.1 Å². The van der Waals surface area contributed by atoms with Crippen LogP contribution >= 0.6 is 0 Å². The molecule has 1 amide bonds. The summed E-state index contributed by atoms with van der Waals surface area (Å²) in [6, 6.07) is 19.3. The lowest BCUT2D eigenvalue weighted by molar-refractivity contribution is -0.137. The van der Waals surface area contributed by atoms with E-state index in [1.165, 1.54) is 13.2 Å². The standard InChI is InChI=1S/C26H27F3N2O4/c1-33-14-15-35-23-13-10-20(26(27,28)29)16-22(23)30-17-24(32)31-25(18-6-4-3-5-7-18)19-8-11-21(34-2)12-9-19/h3-13,16,25,30H,14-15,17H2,1-2H3,(H,31,32)/t25-/m0/s1. The van der Waals surface area contributed by atoms with Crippen LogP contribution in [0.1, 0.15) is 22.7 Å². The van der Waals surface area contributed by atoms with Gasteiger partial charge in [0, 0.05) is 7.11 Å². The molecule has 0 heterocycles. The molecule has 0 unspecified atom stereocenters. The molecule has 0 saturated heterocycles. The largest absolute Gasteiger partial charge is 0.497 e. The van der Waals surface area contributed by atoms with Gasteiger partial charge in [-0.1, -0.05) is 42.5 Å². The Labute approximate surface area is 202 Å². The Kier molecular flexibility index (Phi) is 8.97. The molecule has 0 aromatic heterocycles. The first kappa shape index (κ1) is 25.9. The third-order valence-corrected chi connectivity index (χ3v) is 5.18. The van der Waals surface area contributed by atoms with E-state index < -0.39 is 23.7 Å². The number of amides is 1. The minimum Gasteiger partial charge on any atom is -0.497 e. The Hall–Kier alpha value is -3.72. The second kappa shape index (κ2) is 12.1. The number of ether oxygens (including phenoxy) is 3. The van der Waals surface area contributed by atoms with Crippen molar-refractivity contribution in [1.82, 2.24) is 5.32 Å². The number of rotatable bonds is 11. The fraction of sp³-hybridized carbons (Fsp3) is 0.269. The maximum atomic E-state index is 13.2. The van der Waals surface area contributed by atoms with E-state index in [4.69, 9.17) is 14.2 Å². The summed E-state index contributed by atoms with van der Waals surface area (Å²) >= 11 is 0. The van der Waals surface area contributed by atoms with Crippen molar-refractivity contribution in [1.29, 1.82) is 0 Å². The number of halogens is 3. The average molecular weight is 489 g/mol. The van der Waals surface area contributed by atoms with Crippen molar-refractivity contribution < 1.29 is 32.2 Å². The third kappa shape index (κ3) is 7.38. The van der Waals surface area contributed by atoms with Gasteiger partial charge in [-0.25, -0.2) is 0 Å². The maximum absolute atomic E-state index is 13.2. The molecule has 0 fully saturated rings. The summed E-state index contributed by atoms with van der Waals surface area (Å²) in [7, 11) is 3.06. The van der Waals surface area contributed by atoms with Gasteiger partial charge in [-0.2, -0.15) is 13.2 Å². The van der Waals surface area contributed by atoms with Gasteiger partial charge in [0.2, 0.25) is 5.91 Å². The highest BCUT2D eigenvalue weighted by atomic mass is 19.4. The molecule has 35 heavy (non-hydrogen) atoms. The van der Waals surface area contributed by atoms with Crippen LogP contribution in [0, 0.1) is 0 Å². The molecule has 0 aliphatic heterocycles. The lowest BCUT2D eigenvalue weighted by atomic mass is 9.98. The molecule has 0 saturated carbocycles. The molecule has 0 aliphatic carbocycles. The number of hydrogen-bond acceptors (Lipinski definition) is 5. The van der Waals surface area contributed by atoms with Crippen molar-refractivity contribution in [3.8, 4) is 11.5 Å². The van der Waals surface area contributed by atoms with E-state index in [1.807, 2.05) is 42.5 Å². The Morgan fingerprint density at radius 2 is 1.60 bits per heavy atom. The number of carbonyl (C=O) groups excluding carboxylic acids is 1. The zero-order valence-electron chi connectivity index (χ0n) is 19.4. The molecule has 0 aliphatic rings. The lowest BCUT2D eigenvalue weighted by Gasteiger charge is -2.21. The fourth-order valence-electron chi connectivity index (χ4n) is 3.39. The van der Waals surface area contributed by atoms with E-state index in [9.17, 15) is 18.0 Å². The van der Waals surface area contributed by atoms with Gasteiger partial charge in [0.1, 0.15) is 18.1 Å². The second-order valence-electron chi connectivity index (χ2n) is 7.59. The van der Waals surface area contributed by atoms with Gasteiger partial charge in [0.15, 0.2) is 0 Å². The Morgan fingerprint density at radius 1 is 0.914 bits per heavy atom. The van der Waals surface area contributed by atoms with Crippen LogP contribution in [0.3, 0.4) is 0 Å². The highest BCUT2D eigenvalue weighted by Crippen LogP contribution is 2.35. The minimum absolute atomic E-state index is 0.0618. The average Bonchev–Trinajstić information content (AvgIpc) is 2.86. The number of anilines is 1. The first-order valence-corrected chi connectivity index (χ1v) is 10.9. The Morgan fingerprint density at radius 3 is 2.23 bits per heavy atom. The smallest absolute Gasteiger partial charge is 0.416 e. The molecule has 0 radical (unpaired) electrons. The maximum Gasteiger partial charge on any atom is 0.416 e. The van der Waals surface area contributed by atoms with Gasteiger partial charge >= 0.3 is 6.18 Å². The molecule has 0 spiro atoms. The van der Waals surface area contributed by atoms with Crippen LogP contribution in [0.15, 0.2) is 72.8 Å². The number of carbonyl (C=O) groups is 1. The van der Waals surface area contributed by atoms with Crippen LogP contribution in [0.4, 0.5) is 18.9 Å². The van der Waals surface area contributed by atoms with Crippen molar-refractivity contribution in [2.45, 2.75) is 12.2 Å². The van der Waals surface area contributed by atoms with Gasteiger partial charge in [-0.3, -0.25) is 4.79 Å². The summed E-state index contributed by atoms with van der Waals surface area (Å²) in [6.45, 7) is 0.152. The zero-order chi connectivity index (χ0) is 25.3. The normalized spacial score (nSPS) is 12.0. The minimum atomic E-state index is -4.53. The summed E-state index contributed by atoms with van der Waals surface area (Å²) in [5, 5.41) is 5.73. The number of methoxy groups -OCH3 is 2. The molecular weight excluding hydrogens is 461 g/mol. The van der Waals surface area contributed by atoms with E-state index in [2.05, 4.69) is 10.6 Å². The molecular formula is C26H27F3N2O4. The van der Waals surface area contributed by atoms with Crippen molar-refractivity contribution in [2.24, 2.45) is 0 Å². The molecule has 9 heteroatoms. The zero-order valence-corrected chi connectivity index (χ0v) is 19.4. The number of hydrogen-bond donors (Lipinski definition) is 2. The van der Waals surface area contributed by atoms with E-state index in [1.54, 1.807) is 19.2 Å². The molecule has 6 nitrogen and oxygen atoms in total. The van der Waals surface area contributed by atoms with E-state index >= 15 is 0 Å². The van der Waals surface area contributed by atoms with E-state index in [0.717, 1.165) is 23.3 Å². The number of nitrogens with one attached hydrogen (secondary N) is 2. The molecule has 3 aromatic rings. The monoisotopic (exact) mass is 488 g/mol. The first-order valence-electron chi connectivity index (χ1n) is 10.9. The van der Waals surface area contributed by atoms with E-state index in [0.29, 0.717) is 5.75 Å². The number of alkyl halides is 3. The summed E-state index contributed by atoms with van der Waals surface area (Å²) < 4.78 is 55.3. The van der Waals surface area contributed by atoms with Crippen LogP contribution in [-0.4, -0.2) is 39.9 Å². The lowest BCUT2D eigenvalue weighted by Crippen LogP contribution is -2.34. The Bertz CT molecular complexity index is 1090. The van der Waals surface area contributed by atoms with Crippen LogP contribution in [0.5, 0.6) is 11.5 Å². The highest BCUT2D eigenvalue weighted by Gasteiger charge is 2.31. The van der Waals surface area contributed by atoms with Crippen LogP contribution in [0.25, 0.3) is 0 Å². The quantitative estimate of drug-likeness (QED) is 0.370. The predicted octanol–water partition coefficient (Wildman–Crippen LogP) is 5.06. The first-order chi connectivity index (χ1) is 16.8. The number of benzene rings is 3. The molecule has 3 aromatic carbocycles. The third-order valence-electron chi connectivity index (χ3n) is 5.18. The van der Waals surface area contributed by atoms with Gasteiger partial charge in [0.05, 0.1) is 37.6 Å². The second-order valence-corrected chi connectivity index (χ2v) is 7.59. The molecule has 186 valence electrons. The van der Waals surface area contributed by atoms with E-state index in [-0.39, 0.29) is 31.2 Å².